The summed E-state index contributed by atoms with van der Waals surface area (Å²) >= 11 is 1.17. The molecule has 0 radical (unpaired) electrons. The molecule has 1 atom stereocenters. The van der Waals surface area contributed by atoms with Crippen LogP contribution in [-0.4, -0.2) is 39.8 Å². The van der Waals surface area contributed by atoms with Gasteiger partial charge in [-0.05, 0) is 55.5 Å². The molecular formula is C24H26N2O5S. The smallest absolute Gasteiger partial charge is 0.268 e. The normalized spacial score (nSPS) is 19.5. The van der Waals surface area contributed by atoms with Crippen molar-refractivity contribution in [2.75, 3.05) is 12.4 Å². The molecule has 1 aromatic heterocycles. The average molecular weight is 455 g/mol. The molecule has 168 valence electrons. The van der Waals surface area contributed by atoms with Crippen molar-refractivity contribution in [3.8, 4) is 11.4 Å². The Bertz CT molecular complexity index is 1150. The third kappa shape index (κ3) is 4.24. The number of ketones is 1. The molecule has 2 heterocycles. The van der Waals surface area contributed by atoms with Gasteiger partial charge in [-0.15, -0.1) is 0 Å². The van der Waals surface area contributed by atoms with Crippen LogP contribution in [0.25, 0.3) is 5.69 Å². The molecule has 1 N–H and O–H groups in total. The van der Waals surface area contributed by atoms with Crippen molar-refractivity contribution >= 4 is 28.6 Å². The van der Waals surface area contributed by atoms with E-state index in [1.165, 1.54) is 22.4 Å². The number of hydrogen-bond donors (Lipinski definition) is 1. The zero-order chi connectivity index (χ0) is 23.0. The highest BCUT2D eigenvalue weighted by atomic mass is 32.2. The lowest BCUT2D eigenvalue weighted by Crippen LogP contribution is -2.42. The Morgan fingerprint density at radius 3 is 2.53 bits per heavy atom. The van der Waals surface area contributed by atoms with Gasteiger partial charge in [0, 0.05) is 29.1 Å². The van der Waals surface area contributed by atoms with Gasteiger partial charge in [0.05, 0.1) is 12.6 Å². The molecule has 1 aromatic carbocycles. The summed E-state index contributed by atoms with van der Waals surface area (Å²) in [6.07, 6.45) is 1.39. The van der Waals surface area contributed by atoms with Crippen LogP contribution in [0.3, 0.4) is 0 Å². The lowest BCUT2D eigenvalue weighted by atomic mass is 9.75. The van der Waals surface area contributed by atoms with E-state index in [1.54, 1.807) is 24.3 Å². The van der Waals surface area contributed by atoms with Crippen molar-refractivity contribution in [2.45, 2.75) is 46.1 Å². The first kappa shape index (κ1) is 22.3. The summed E-state index contributed by atoms with van der Waals surface area (Å²) in [6, 6.07) is 7.80. The summed E-state index contributed by atoms with van der Waals surface area (Å²) in [7, 11) is 0. The van der Waals surface area contributed by atoms with Gasteiger partial charge in [-0.1, -0.05) is 25.6 Å². The van der Waals surface area contributed by atoms with Crippen LogP contribution in [0.15, 0.2) is 35.1 Å². The number of carbonyl (C=O) groups excluding carboxylic acids is 3. The van der Waals surface area contributed by atoms with Crippen molar-refractivity contribution in [3.05, 3.63) is 57.5 Å². The number of amides is 1. The summed E-state index contributed by atoms with van der Waals surface area (Å²) < 4.78 is 6.96. The van der Waals surface area contributed by atoms with Crippen molar-refractivity contribution in [1.82, 2.24) is 9.88 Å². The standard InChI is InChI=1S/C24H26N2O5S/c1-4-31-15-7-5-14(6-8-15)26-19-12-24(2,3)13-20(27)16(19)11-17(22(26)29)21(28)25-18-9-10-32-23(18)30/h5-8,11,18H,4,9-10,12-13H2,1-3H3,(H,25,28). The molecule has 4 rings (SSSR count). The van der Waals surface area contributed by atoms with Crippen molar-refractivity contribution in [1.29, 1.82) is 0 Å². The van der Waals surface area contributed by atoms with Crippen LogP contribution >= 0.6 is 11.8 Å². The van der Waals surface area contributed by atoms with Crippen molar-refractivity contribution in [2.24, 2.45) is 5.41 Å². The lowest BCUT2D eigenvalue weighted by Gasteiger charge is -2.32. The van der Waals surface area contributed by atoms with Crippen LogP contribution in [0.4, 0.5) is 0 Å². The highest BCUT2D eigenvalue weighted by molar-refractivity contribution is 8.14. The number of pyridine rings is 1. The third-order valence-electron chi connectivity index (χ3n) is 5.78. The van der Waals surface area contributed by atoms with E-state index in [-0.39, 0.29) is 21.9 Å². The molecule has 0 spiro atoms. The fourth-order valence-electron chi connectivity index (χ4n) is 4.27. The second-order valence-corrected chi connectivity index (χ2v) is 10.0. The third-order valence-corrected chi connectivity index (χ3v) is 6.79. The number of nitrogens with one attached hydrogen (secondary N) is 1. The molecule has 32 heavy (non-hydrogen) atoms. The van der Waals surface area contributed by atoms with E-state index in [0.717, 1.165) is 0 Å². The van der Waals surface area contributed by atoms with E-state index >= 15 is 0 Å². The number of aromatic nitrogens is 1. The number of carbonyl (C=O) groups is 3. The molecule has 2 aliphatic rings. The Morgan fingerprint density at radius 2 is 1.91 bits per heavy atom. The van der Waals surface area contributed by atoms with Crippen molar-refractivity contribution < 1.29 is 19.1 Å². The molecular weight excluding hydrogens is 428 g/mol. The van der Waals surface area contributed by atoms with Gasteiger partial charge in [0.2, 0.25) is 5.12 Å². The molecule has 0 bridgehead atoms. The summed E-state index contributed by atoms with van der Waals surface area (Å²) in [5.74, 6) is 0.576. The molecule has 7 nitrogen and oxygen atoms in total. The Kier molecular flexibility index (Phi) is 5.99. The monoisotopic (exact) mass is 454 g/mol. The van der Waals surface area contributed by atoms with E-state index in [2.05, 4.69) is 5.32 Å². The SMILES string of the molecule is CCOc1ccc(-n2c3c(cc(C(=O)NC4CCSC4=O)c2=O)C(=O)CC(C)(C)C3)cc1. The summed E-state index contributed by atoms with van der Waals surface area (Å²) in [4.78, 5) is 51.5. The maximum Gasteiger partial charge on any atom is 0.268 e. The first-order valence-corrected chi connectivity index (χ1v) is 11.7. The van der Waals surface area contributed by atoms with Gasteiger partial charge in [-0.2, -0.15) is 0 Å². The van der Waals surface area contributed by atoms with Crippen LogP contribution in [0, 0.1) is 5.41 Å². The minimum Gasteiger partial charge on any atom is -0.494 e. The minimum atomic E-state index is -0.629. The molecule has 1 saturated heterocycles. The van der Waals surface area contributed by atoms with Crippen LogP contribution in [0.2, 0.25) is 0 Å². The van der Waals surface area contributed by atoms with Crippen molar-refractivity contribution in [3.63, 3.8) is 0 Å². The number of thioether (sulfide) groups is 1. The topological polar surface area (TPSA) is 94.5 Å². The maximum atomic E-state index is 13.5. The summed E-state index contributed by atoms with van der Waals surface area (Å²) in [5.41, 5.74) is 0.604. The molecule has 1 unspecified atom stereocenters. The van der Waals surface area contributed by atoms with Gasteiger partial charge in [-0.3, -0.25) is 23.7 Å². The Hall–Kier alpha value is -2.87. The van der Waals surface area contributed by atoms with Crippen LogP contribution in [0.5, 0.6) is 5.75 Å². The van der Waals surface area contributed by atoms with Gasteiger partial charge in [0.15, 0.2) is 5.78 Å². The largest absolute Gasteiger partial charge is 0.494 e. The molecule has 1 amide bonds. The van der Waals surface area contributed by atoms with Gasteiger partial charge in [-0.25, -0.2) is 0 Å². The summed E-state index contributed by atoms with van der Waals surface area (Å²) in [6.45, 7) is 6.39. The Balaban J connectivity index is 1.84. The van der Waals surface area contributed by atoms with E-state index in [9.17, 15) is 19.2 Å². The van der Waals surface area contributed by atoms with E-state index in [4.69, 9.17) is 4.74 Å². The average Bonchev–Trinajstić information content (AvgIpc) is 3.12. The first-order chi connectivity index (χ1) is 15.2. The maximum absolute atomic E-state index is 13.5. The van der Waals surface area contributed by atoms with Crippen LogP contribution in [0.1, 0.15) is 60.0 Å². The Labute approximate surface area is 190 Å². The fourth-order valence-corrected chi connectivity index (χ4v) is 5.20. The quantitative estimate of drug-likeness (QED) is 0.746. The van der Waals surface area contributed by atoms with E-state index < -0.39 is 17.5 Å². The molecule has 1 fully saturated rings. The highest BCUT2D eigenvalue weighted by Crippen LogP contribution is 2.35. The minimum absolute atomic E-state index is 0.0996. The number of rotatable bonds is 5. The predicted octanol–water partition coefficient (Wildman–Crippen LogP) is 3.15. The molecule has 2 aromatic rings. The number of nitrogens with zero attached hydrogens (tertiary/aromatic N) is 1. The zero-order valence-corrected chi connectivity index (χ0v) is 19.2. The Morgan fingerprint density at radius 1 is 1.19 bits per heavy atom. The summed E-state index contributed by atoms with van der Waals surface area (Å²) in [5, 5.41) is 2.56. The number of ether oxygens (including phenoxy) is 1. The lowest BCUT2D eigenvalue weighted by molar-refractivity contribution is -0.112. The first-order valence-electron chi connectivity index (χ1n) is 10.7. The molecule has 1 aliphatic carbocycles. The zero-order valence-electron chi connectivity index (χ0n) is 18.4. The number of Topliss-reactive ketones (excluding diaryl/α,β-unsaturated/α-hetero) is 1. The predicted molar refractivity (Wildman–Crippen MR) is 123 cm³/mol. The second kappa shape index (κ2) is 8.58. The number of fused-ring (bicyclic) bond motifs is 1. The van der Waals surface area contributed by atoms with E-state index in [0.29, 0.717) is 54.3 Å². The van der Waals surface area contributed by atoms with Crippen LogP contribution in [-0.2, 0) is 11.2 Å². The molecule has 1 aliphatic heterocycles. The highest BCUT2D eigenvalue weighted by Gasteiger charge is 2.36. The van der Waals surface area contributed by atoms with Gasteiger partial charge in [0.1, 0.15) is 11.3 Å². The molecule has 8 heteroatoms. The fraction of sp³-hybridized carbons (Fsp3) is 0.417. The van der Waals surface area contributed by atoms with E-state index in [1.807, 2.05) is 20.8 Å². The number of benzene rings is 1. The second-order valence-electron chi connectivity index (χ2n) is 8.91. The van der Waals surface area contributed by atoms with Gasteiger partial charge in [0.25, 0.3) is 11.5 Å². The number of hydrogen-bond acceptors (Lipinski definition) is 6. The molecule has 0 saturated carbocycles. The van der Waals surface area contributed by atoms with Crippen LogP contribution < -0.4 is 15.6 Å². The van der Waals surface area contributed by atoms with Gasteiger partial charge < -0.3 is 10.1 Å². The van der Waals surface area contributed by atoms with Gasteiger partial charge >= 0.3 is 0 Å².